The highest BCUT2D eigenvalue weighted by molar-refractivity contribution is 5.92. The van der Waals surface area contributed by atoms with Gasteiger partial charge >= 0.3 is 0 Å². The third kappa shape index (κ3) is 3.60. The van der Waals surface area contributed by atoms with Crippen molar-refractivity contribution in [3.8, 4) is 5.75 Å². The number of hydrogen-bond donors (Lipinski definition) is 1. The van der Waals surface area contributed by atoms with Crippen LogP contribution in [0.3, 0.4) is 0 Å². The average molecular weight is 360 g/mol. The number of nitrogens with one attached hydrogen (secondary N) is 1. The van der Waals surface area contributed by atoms with Gasteiger partial charge in [-0.1, -0.05) is 30.3 Å². The SMILES string of the molecule is COc1ccc(CNC(=O)c2cnc(N3CCc4ccccc43)cn2)cc1. The van der Waals surface area contributed by atoms with Gasteiger partial charge in [-0.05, 0) is 35.7 Å². The van der Waals surface area contributed by atoms with E-state index in [-0.39, 0.29) is 5.91 Å². The first-order valence-corrected chi connectivity index (χ1v) is 8.83. The molecule has 0 spiro atoms. The second-order valence-electron chi connectivity index (χ2n) is 6.32. The molecule has 0 saturated carbocycles. The lowest BCUT2D eigenvalue weighted by Crippen LogP contribution is -2.24. The maximum Gasteiger partial charge on any atom is 0.271 e. The summed E-state index contributed by atoms with van der Waals surface area (Å²) in [7, 11) is 1.62. The Kier molecular flexibility index (Phi) is 4.70. The van der Waals surface area contributed by atoms with Crippen LogP contribution in [0.1, 0.15) is 21.6 Å². The van der Waals surface area contributed by atoms with Crippen molar-refractivity contribution in [1.29, 1.82) is 0 Å². The zero-order chi connectivity index (χ0) is 18.6. The summed E-state index contributed by atoms with van der Waals surface area (Å²) < 4.78 is 5.13. The molecule has 136 valence electrons. The first kappa shape index (κ1) is 17.0. The molecule has 0 atom stereocenters. The van der Waals surface area contributed by atoms with E-state index in [9.17, 15) is 4.79 Å². The van der Waals surface area contributed by atoms with E-state index in [4.69, 9.17) is 4.74 Å². The predicted molar refractivity (Wildman–Crippen MR) is 103 cm³/mol. The number of carbonyl (C=O) groups is 1. The Labute approximate surface area is 157 Å². The fraction of sp³-hybridized carbons (Fsp3) is 0.190. The first-order chi connectivity index (χ1) is 13.2. The van der Waals surface area contributed by atoms with E-state index >= 15 is 0 Å². The van der Waals surface area contributed by atoms with Crippen molar-refractivity contribution in [3.63, 3.8) is 0 Å². The van der Waals surface area contributed by atoms with Crippen molar-refractivity contribution in [2.24, 2.45) is 0 Å². The number of nitrogens with zero attached hydrogens (tertiary/aromatic N) is 3. The topological polar surface area (TPSA) is 67.3 Å². The Morgan fingerprint density at radius 1 is 1.11 bits per heavy atom. The molecule has 1 N–H and O–H groups in total. The number of anilines is 2. The molecule has 4 rings (SSSR count). The first-order valence-electron chi connectivity index (χ1n) is 8.83. The molecular weight excluding hydrogens is 340 g/mol. The quantitative estimate of drug-likeness (QED) is 0.757. The number of carbonyl (C=O) groups excluding carboxylic acids is 1. The lowest BCUT2D eigenvalue weighted by Gasteiger charge is -2.17. The number of para-hydroxylation sites is 1. The van der Waals surface area contributed by atoms with Crippen LogP contribution in [0, 0.1) is 0 Å². The van der Waals surface area contributed by atoms with Crippen molar-refractivity contribution in [2.75, 3.05) is 18.6 Å². The van der Waals surface area contributed by atoms with Crippen LogP contribution in [-0.2, 0) is 13.0 Å². The van der Waals surface area contributed by atoms with Gasteiger partial charge in [-0.2, -0.15) is 0 Å². The number of rotatable bonds is 5. The molecule has 0 radical (unpaired) electrons. The van der Waals surface area contributed by atoms with Crippen LogP contribution in [0.2, 0.25) is 0 Å². The molecule has 27 heavy (non-hydrogen) atoms. The molecule has 6 heteroatoms. The van der Waals surface area contributed by atoms with Crippen LogP contribution < -0.4 is 15.0 Å². The minimum absolute atomic E-state index is 0.244. The van der Waals surface area contributed by atoms with Gasteiger partial charge in [0.05, 0.1) is 19.5 Å². The lowest BCUT2D eigenvalue weighted by molar-refractivity contribution is 0.0945. The third-order valence-corrected chi connectivity index (χ3v) is 4.65. The molecule has 0 unspecified atom stereocenters. The number of hydrogen-bond acceptors (Lipinski definition) is 5. The minimum atomic E-state index is -0.244. The van der Waals surface area contributed by atoms with E-state index in [0.29, 0.717) is 12.2 Å². The molecule has 1 aliphatic heterocycles. The molecule has 0 bridgehead atoms. The fourth-order valence-corrected chi connectivity index (χ4v) is 3.17. The summed E-state index contributed by atoms with van der Waals surface area (Å²) in [6.45, 7) is 1.29. The summed E-state index contributed by atoms with van der Waals surface area (Å²) >= 11 is 0. The Bertz CT molecular complexity index is 939. The van der Waals surface area contributed by atoms with Gasteiger partial charge in [0.1, 0.15) is 11.4 Å². The van der Waals surface area contributed by atoms with Gasteiger partial charge in [-0.25, -0.2) is 9.97 Å². The maximum absolute atomic E-state index is 12.3. The van der Waals surface area contributed by atoms with Gasteiger partial charge in [-0.3, -0.25) is 4.79 Å². The second kappa shape index (κ2) is 7.45. The van der Waals surface area contributed by atoms with Crippen molar-refractivity contribution in [3.05, 3.63) is 77.7 Å². The molecule has 3 aromatic rings. The average Bonchev–Trinajstić information content (AvgIpc) is 3.16. The summed E-state index contributed by atoms with van der Waals surface area (Å²) in [6, 6.07) is 15.8. The summed E-state index contributed by atoms with van der Waals surface area (Å²) in [5, 5.41) is 2.86. The number of amides is 1. The van der Waals surface area contributed by atoms with Gasteiger partial charge in [0.2, 0.25) is 0 Å². The summed E-state index contributed by atoms with van der Waals surface area (Å²) in [5.74, 6) is 1.30. The van der Waals surface area contributed by atoms with Crippen molar-refractivity contribution in [2.45, 2.75) is 13.0 Å². The van der Waals surface area contributed by atoms with Crippen molar-refractivity contribution in [1.82, 2.24) is 15.3 Å². The number of fused-ring (bicyclic) bond motifs is 1. The van der Waals surface area contributed by atoms with Crippen molar-refractivity contribution >= 4 is 17.4 Å². The number of aromatic nitrogens is 2. The summed E-state index contributed by atoms with van der Waals surface area (Å²) in [5.41, 5.74) is 3.76. The van der Waals surface area contributed by atoms with Crippen LogP contribution in [0.15, 0.2) is 60.9 Å². The molecule has 1 aromatic heterocycles. The van der Waals surface area contributed by atoms with Crippen LogP contribution in [-0.4, -0.2) is 29.5 Å². The smallest absolute Gasteiger partial charge is 0.271 e. The molecule has 6 nitrogen and oxygen atoms in total. The normalized spacial score (nSPS) is 12.6. The van der Waals surface area contributed by atoms with Crippen LogP contribution in [0.25, 0.3) is 0 Å². The van der Waals surface area contributed by atoms with Crippen LogP contribution in [0.5, 0.6) is 5.75 Å². The third-order valence-electron chi connectivity index (χ3n) is 4.65. The fourth-order valence-electron chi connectivity index (χ4n) is 3.17. The van der Waals surface area contributed by atoms with E-state index in [0.717, 1.165) is 35.8 Å². The monoisotopic (exact) mass is 360 g/mol. The minimum Gasteiger partial charge on any atom is -0.497 e. The molecule has 0 fully saturated rings. The molecule has 1 aliphatic rings. The van der Waals surface area contributed by atoms with Gasteiger partial charge in [0.25, 0.3) is 5.91 Å². The van der Waals surface area contributed by atoms with E-state index < -0.39 is 0 Å². The molecule has 2 aromatic carbocycles. The molecular formula is C21H20N4O2. The lowest BCUT2D eigenvalue weighted by atomic mass is 10.2. The van der Waals surface area contributed by atoms with Gasteiger partial charge in [0, 0.05) is 18.8 Å². The highest BCUT2D eigenvalue weighted by Crippen LogP contribution is 2.32. The maximum atomic E-state index is 12.3. The standard InChI is InChI=1S/C21H20N4O2/c1-27-17-8-6-15(7-9-17)12-24-21(26)18-13-23-20(14-22-18)25-11-10-16-4-2-3-5-19(16)25/h2-9,13-14H,10-12H2,1H3,(H,24,26). The molecule has 0 aliphatic carbocycles. The van der Waals surface area contributed by atoms with E-state index in [1.54, 1.807) is 13.3 Å². The Hall–Kier alpha value is -3.41. The molecule has 1 amide bonds. The Morgan fingerprint density at radius 2 is 1.93 bits per heavy atom. The summed E-state index contributed by atoms with van der Waals surface area (Å²) in [6.07, 6.45) is 4.17. The van der Waals surface area contributed by atoms with Gasteiger partial charge < -0.3 is 15.0 Å². The molecule has 2 heterocycles. The van der Waals surface area contributed by atoms with Crippen molar-refractivity contribution < 1.29 is 9.53 Å². The van der Waals surface area contributed by atoms with E-state index in [2.05, 4.69) is 32.3 Å². The largest absolute Gasteiger partial charge is 0.497 e. The van der Waals surface area contributed by atoms with Gasteiger partial charge in [0.15, 0.2) is 5.82 Å². The highest BCUT2D eigenvalue weighted by atomic mass is 16.5. The van der Waals surface area contributed by atoms with E-state index in [1.165, 1.54) is 11.8 Å². The van der Waals surface area contributed by atoms with Gasteiger partial charge in [-0.15, -0.1) is 0 Å². The zero-order valence-electron chi connectivity index (χ0n) is 15.1. The zero-order valence-corrected chi connectivity index (χ0v) is 15.1. The van der Waals surface area contributed by atoms with Crippen LogP contribution in [0.4, 0.5) is 11.5 Å². The summed E-state index contributed by atoms with van der Waals surface area (Å²) in [4.78, 5) is 23.2. The van der Waals surface area contributed by atoms with Crippen LogP contribution >= 0.6 is 0 Å². The predicted octanol–water partition coefficient (Wildman–Crippen LogP) is 3.11. The second-order valence-corrected chi connectivity index (χ2v) is 6.32. The Morgan fingerprint density at radius 3 is 2.67 bits per heavy atom. The van der Waals surface area contributed by atoms with E-state index in [1.807, 2.05) is 36.4 Å². The molecule has 0 saturated heterocycles. The highest BCUT2D eigenvalue weighted by Gasteiger charge is 2.21. The number of methoxy groups -OCH3 is 1. The Balaban J connectivity index is 1.40. The number of ether oxygens (including phenoxy) is 1. The number of benzene rings is 2.